The van der Waals surface area contributed by atoms with E-state index in [0.29, 0.717) is 35.9 Å². The molecule has 0 radical (unpaired) electrons. The van der Waals surface area contributed by atoms with E-state index in [1.807, 2.05) is 23.1 Å². The maximum atomic E-state index is 13.9. The highest BCUT2D eigenvalue weighted by Crippen LogP contribution is 2.38. The van der Waals surface area contributed by atoms with Gasteiger partial charge in [0.25, 0.3) is 5.91 Å². The summed E-state index contributed by atoms with van der Waals surface area (Å²) in [6.45, 7) is 8.26. The second-order valence-electron chi connectivity index (χ2n) is 10.1. The molecule has 3 aromatic carbocycles. The third-order valence-electron chi connectivity index (χ3n) is 7.25. The lowest BCUT2D eigenvalue weighted by Crippen LogP contribution is -2.47. The summed E-state index contributed by atoms with van der Waals surface area (Å²) in [7, 11) is 4.69. The molecule has 0 aromatic heterocycles. The van der Waals surface area contributed by atoms with Crippen LogP contribution in [-0.4, -0.2) is 82.8 Å². The van der Waals surface area contributed by atoms with Gasteiger partial charge in [-0.15, -0.1) is 0 Å². The Morgan fingerprint density at radius 1 is 0.850 bits per heavy atom. The van der Waals surface area contributed by atoms with Crippen LogP contribution in [0.4, 0.5) is 5.69 Å². The summed E-state index contributed by atoms with van der Waals surface area (Å²) in [5.41, 5.74) is 4.03. The first kappa shape index (κ1) is 29.0. The van der Waals surface area contributed by atoms with Crippen molar-refractivity contribution in [1.29, 1.82) is 0 Å². The molecule has 0 spiro atoms. The van der Waals surface area contributed by atoms with Gasteiger partial charge < -0.3 is 24.0 Å². The maximum absolute atomic E-state index is 13.9. The number of ether oxygens (including phenoxy) is 3. The quantitative estimate of drug-likeness (QED) is 0.302. The third-order valence-corrected chi connectivity index (χ3v) is 7.25. The fourth-order valence-corrected chi connectivity index (χ4v) is 5.17. The average Bonchev–Trinajstić information content (AvgIpc) is 3.00. The number of benzene rings is 3. The van der Waals surface area contributed by atoms with E-state index in [1.54, 1.807) is 33.5 Å². The van der Waals surface area contributed by atoms with Crippen molar-refractivity contribution in [2.75, 3.05) is 72.0 Å². The normalized spacial score (nSPS) is 14.1. The Labute approximate surface area is 238 Å². The molecule has 40 heavy (non-hydrogen) atoms. The van der Waals surface area contributed by atoms with Crippen molar-refractivity contribution >= 4 is 17.7 Å². The second-order valence-corrected chi connectivity index (χ2v) is 10.1. The number of nitrogens with zero attached hydrogens (tertiary/aromatic N) is 3. The van der Waals surface area contributed by atoms with E-state index >= 15 is 0 Å². The van der Waals surface area contributed by atoms with Gasteiger partial charge in [-0.25, -0.2) is 0 Å². The number of carbonyl (C=O) groups is 1. The largest absolute Gasteiger partial charge is 0.493 e. The summed E-state index contributed by atoms with van der Waals surface area (Å²) < 4.78 is 16.5. The van der Waals surface area contributed by atoms with Crippen LogP contribution < -0.4 is 19.1 Å². The molecule has 0 saturated carbocycles. The molecule has 0 bridgehead atoms. The fraction of sp³-hybridized carbons (Fsp3) is 0.364. The summed E-state index contributed by atoms with van der Waals surface area (Å²) in [4.78, 5) is 20.7. The Balaban J connectivity index is 1.45. The van der Waals surface area contributed by atoms with Crippen LogP contribution in [0.1, 0.15) is 29.3 Å². The van der Waals surface area contributed by atoms with E-state index in [0.717, 1.165) is 50.3 Å². The number of para-hydroxylation sites is 1. The first-order valence-electron chi connectivity index (χ1n) is 13.9. The first-order chi connectivity index (χ1) is 19.5. The Kier molecular flexibility index (Phi) is 10.5. The van der Waals surface area contributed by atoms with Crippen molar-refractivity contribution in [3.63, 3.8) is 0 Å². The number of hydrogen-bond acceptors (Lipinski definition) is 6. The second kappa shape index (κ2) is 14.4. The standard InChI is InChI=1S/C33H41N3O4/c1-26(22-27-12-7-5-8-13-27)25-36(33(37)28-23-30(38-2)32(40-4)31(24-28)39-3)17-11-16-34-18-20-35(21-19-34)29-14-9-6-10-15-29/h5-10,12-15,22-24H,11,16-21,25H2,1-4H3. The van der Waals surface area contributed by atoms with Crippen LogP contribution >= 0.6 is 0 Å². The summed E-state index contributed by atoms with van der Waals surface area (Å²) >= 11 is 0. The van der Waals surface area contributed by atoms with Crippen LogP contribution in [0.2, 0.25) is 0 Å². The van der Waals surface area contributed by atoms with Crippen molar-refractivity contribution in [2.45, 2.75) is 13.3 Å². The molecule has 1 saturated heterocycles. The van der Waals surface area contributed by atoms with Crippen LogP contribution in [0.3, 0.4) is 0 Å². The zero-order valence-electron chi connectivity index (χ0n) is 24.1. The Bertz CT molecular complexity index is 1230. The zero-order chi connectivity index (χ0) is 28.3. The monoisotopic (exact) mass is 543 g/mol. The maximum Gasteiger partial charge on any atom is 0.254 e. The lowest BCUT2D eigenvalue weighted by Gasteiger charge is -2.36. The molecular formula is C33H41N3O4. The molecule has 1 aliphatic rings. The SMILES string of the molecule is COc1cc(C(=O)N(CCCN2CCN(c3ccccc3)CC2)CC(C)=Cc2ccccc2)cc(OC)c1OC. The first-order valence-corrected chi connectivity index (χ1v) is 13.9. The number of amides is 1. The topological polar surface area (TPSA) is 54.5 Å². The molecular weight excluding hydrogens is 502 g/mol. The van der Waals surface area contributed by atoms with E-state index in [2.05, 4.69) is 65.3 Å². The summed E-state index contributed by atoms with van der Waals surface area (Å²) in [6, 6.07) is 24.3. The zero-order valence-corrected chi connectivity index (χ0v) is 24.1. The molecule has 212 valence electrons. The smallest absolute Gasteiger partial charge is 0.254 e. The van der Waals surface area contributed by atoms with Crippen LogP contribution in [0.25, 0.3) is 6.08 Å². The van der Waals surface area contributed by atoms with Gasteiger partial charge >= 0.3 is 0 Å². The highest BCUT2D eigenvalue weighted by Gasteiger charge is 2.22. The van der Waals surface area contributed by atoms with E-state index < -0.39 is 0 Å². The van der Waals surface area contributed by atoms with Crippen molar-refractivity contribution in [3.05, 3.63) is 89.5 Å². The lowest BCUT2D eigenvalue weighted by molar-refractivity contribution is 0.0761. The summed E-state index contributed by atoms with van der Waals surface area (Å²) in [6.07, 6.45) is 3.03. The molecule has 0 atom stereocenters. The van der Waals surface area contributed by atoms with Gasteiger partial charge in [-0.1, -0.05) is 60.2 Å². The average molecular weight is 544 g/mol. The molecule has 7 heteroatoms. The molecule has 1 heterocycles. The summed E-state index contributed by atoms with van der Waals surface area (Å²) in [5, 5.41) is 0. The molecule has 1 aliphatic heterocycles. The third kappa shape index (κ3) is 7.57. The van der Waals surface area contributed by atoms with E-state index in [-0.39, 0.29) is 5.91 Å². The summed E-state index contributed by atoms with van der Waals surface area (Å²) in [5.74, 6) is 1.35. The van der Waals surface area contributed by atoms with E-state index in [1.165, 1.54) is 5.69 Å². The number of carbonyl (C=O) groups excluding carboxylic acids is 1. The molecule has 0 unspecified atom stereocenters. The molecule has 0 N–H and O–H groups in total. The molecule has 1 amide bonds. The van der Waals surface area contributed by atoms with Crippen molar-refractivity contribution < 1.29 is 19.0 Å². The van der Waals surface area contributed by atoms with Crippen LogP contribution in [-0.2, 0) is 0 Å². The Morgan fingerprint density at radius 3 is 2.02 bits per heavy atom. The van der Waals surface area contributed by atoms with Crippen molar-refractivity contribution in [2.24, 2.45) is 0 Å². The number of anilines is 1. The van der Waals surface area contributed by atoms with Gasteiger partial charge in [0.15, 0.2) is 11.5 Å². The van der Waals surface area contributed by atoms with Crippen molar-refractivity contribution in [3.8, 4) is 17.2 Å². The van der Waals surface area contributed by atoms with Gasteiger partial charge in [0.2, 0.25) is 5.75 Å². The number of rotatable bonds is 12. The van der Waals surface area contributed by atoms with Crippen LogP contribution in [0.15, 0.2) is 78.4 Å². The lowest BCUT2D eigenvalue weighted by atomic mass is 10.1. The van der Waals surface area contributed by atoms with Crippen molar-refractivity contribution in [1.82, 2.24) is 9.80 Å². The molecule has 1 fully saturated rings. The van der Waals surface area contributed by atoms with Gasteiger partial charge in [0, 0.05) is 50.5 Å². The number of methoxy groups -OCH3 is 3. The minimum Gasteiger partial charge on any atom is -0.493 e. The molecule has 3 aromatic rings. The van der Waals surface area contributed by atoms with Gasteiger partial charge in [0.1, 0.15) is 0 Å². The highest BCUT2D eigenvalue weighted by molar-refractivity contribution is 5.96. The Hall–Kier alpha value is -3.97. The van der Waals surface area contributed by atoms with Gasteiger partial charge in [-0.3, -0.25) is 9.69 Å². The van der Waals surface area contributed by atoms with Gasteiger partial charge in [-0.05, 0) is 49.7 Å². The molecule has 0 aliphatic carbocycles. The predicted molar refractivity (Wildman–Crippen MR) is 162 cm³/mol. The van der Waals surface area contributed by atoms with Gasteiger partial charge in [-0.2, -0.15) is 0 Å². The predicted octanol–water partition coefficient (Wildman–Crippen LogP) is 5.47. The van der Waals surface area contributed by atoms with Gasteiger partial charge in [0.05, 0.1) is 21.3 Å². The number of piperazine rings is 1. The van der Waals surface area contributed by atoms with E-state index in [9.17, 15) is 4.79 Å². The number of hydrogen-bond donors (Lipinski definition) is 0. The minimum atomic E-state index is -0.0611. The minimum absolute atomic E-state index is 0.0611. The van der Waals surface area contributed by atoms with E-state index in [4.69, 9.17) is 14.2 Å². The van der Waals surface area contributed by atoms with Crippen LogP contribution in [0.5, 0.6) is 17.2 Å². The molecule has 7 nitrogen and oxygen atoms in total. The highest BCUT2D eigenvalue weighted by atomic mass is 16.5. The van der Waals surface area contributed by atoms with Crippen LogP contribution in [0, 0.1) is 0 Å². The fourth-order valence-electron chi connectivity index (χ4n) is 5.17. The Morgan fingerprint density at radius 2 is 1.45 bits per heavy atom. The molecule has 4 rings (SSSR count).